The molecule has 2 heteroatoms. The maximum absolute atomic E-state index is 6.30. The number of benzene rings is 1. The molecule has 2 rings (SSSR count). The standard InChI is InChI=1S/C17H24O2/c1-4-16(15-7-5-6-8-17(15)18-3)19-14-11-9-13(2)10-12-14/h5-8,14,16H,2,4,9-12H2,1,3H3/t16-/m0/s1. The molecule has 0 spiro atoms. The molecule has 0 unspecified atom stereocenters. The minimum absolute atomic E-state index is 0.132. The molecule has 1 aromatic rings. The Morgan fingerprint density at radius 1 is 1.26 bits per heavy atom. The molecule has 0 amide bonds. The maximum Gasteiger partial charge on any atom is 0.124 e. The van der Waals surface area contributed by atoms with E-state index in [-0.39, 0.29) is 6.10 Å². The summed E-state index contributed by atoms with van der Waals surface area (Å²) in [4.78, 5) is 0. The van der Waals surface area contributed by atoms with Crippen LogP contribution in [0.15, 0.2) is 36.4 Å². The van der Waals surface area contributed by atoms with Crippen molar-refractivity contribution in [1.29, 1.82) is 0 Å². The van der Waals surface area contributed by atoms with Crippen molar-refractivity contribution in [3.8, 4) is 5.75 Å². The van der Waals surface area contributed by atoms with Crippen LogP contribution in [0, 0.1) is 0 Å². The number of methoxy groups -OCH3 is 1. The first-order valence-corrected chi connectivity index (χ1v) is 7.19. The fourth-order valence-corrected chi connectivity index (χ4v) is 2.69. The van der Waals surface area contributed by atoms with Gasteiger partial charge in [-0.3, -0.25) is 0 Å². The smallest absolute Gasteiger partial charge is 0.124 e. The molecule has 0 heterocycles. The molecule has 1 fully saturated rings. The van der Waals surface area contributed by atoms with Crippen molar-refractivity contribution in [1.82, 2.24) is 0 Å². The van der Waals surface area contributed by atoms with Crippen molar-refractivity contribution in [3.05, 3.63) is 42.0 Å². The molecule has 0 radical (unpaired) electrons. The Balaban J connectivity index is 2.05. The second-order valence-electron chi connectivity index (χ2n) is 5.22. The minimum Gasteiger partial charge on any atom is -0.496 e. The zero-order valence-electron chi connectivity index (χ0n) is 12.0. The average molecular weight is 260 g/mol. The van der Waals surface area contributed by atoms with Crippen LogP contribution >= 0.6 is 0 Å². The van der Waals surface area contributed by atoms with E-state index in [2.05, 4.69) is 19.6 Å². The second-order valence-corrected chi connectivity index (χ2v) is 5.22. The van der Waals surface area contributed by atoms with Crippen LogP contribution in [-0.2, 0) is 4.74 Å². The molecule has 0 aromatic heterocycles. The SMILES string of the molecule is C=C1CCC(O[C@@H](CC)c2ccccc2OC)CC1. The van der Waals surface area contributed by atoms with E-state index in [0.29, 0.717) is 6.10 Å². The van der Waals surface area contributed by atoms with Gasteiger partial charge in [-0.1, -0.05) is 37.3 Å². The van der Waals surface area contributed by atoms with Gasteiger partial charge in [-0.25, -0.2) is 0 Å². The van der Waals surface area contributed by atoms with Crippen LogP contribution < -0.4 is 4.74 Å². The number of rotatable bonds is 5. The molecule has 0 aliphatic heterocycles. The molecular weight excluding hydrogens is 236 g/mol. The first-order valence-electron chi connectivity index (χ1n) is 7.19. The van der Waals surface area contributed by atoms with Gasteiger partial charge < -0.3 is 9.47 Å². The summed E-state index contributed by atoms with van der Waals surface area (Å²) in [7, 11) is 1.72. The van der Waals surface area contributed by atoms with Gasteiger partial charge in [-0.2, -0.15) is 0 Å². The topological polar surface area (TPSA) is 18.5 Å². The van der Waals surface area contributed by atoms with Crippen LogP contribution in [0.4, 0.5) is 0 Å². The van der Waals surface area contributed by atoms with Crippen molar-refractivity contribution in [2.75, 3.05) is 7.11 Å². The number of hydrogen-bond donors (Lipinski definition) is 0. The van der Waals surface area contributed by atoms with Crippen LogP contribution in [0.3, 0.4) is 0 Å². The van der Waals surface area contributed by atoms with Crippen LogP contribution in [0.25, 0.3) is 0 Å². The van der Waals surface area contributed by atoms with Gasteiger partial charge >= 0.3 is 0 Å². The molecule has 1 aromatic carbocycles. The molecule has 1 aliphatic carbocycles. The largest absolute Gasteiger partial charge is 0.496 e. The highest BCUT2D eigenvalue weighted by molar-refractivity contribution is 5.35. The summed E-state index contributed by atoms with van der Waals surface area (Å²) in [6.45, 7) is 6.22. The third-order valence-electron chi connectivity index (χ3n) is 3.85. The normalized spacial score (nSPS) is 18.3. The van der Waals surface area contributed by atoms with Gasteiger partial charge in [-0.15, -0.1) is 0 Å². The lowest BCUT2D eigenvalue weighted by Crippen LogP contribution is -2.20. The fraction of sp³-hybridized carbons (Fsp3) is 0.529. The van der Waals surface area contributed by atoms with Crippen LogP contribution in [-0.4, -0.2) is 13.2 Å². The van der Waals surface area contributed by atoms with E-state index in [1.54, 1.807) is 7.11 Å². The fourth-order valence-electron chi connectivity index (χ4n) is 2.69. The van der Waals surface area contributed by atoms with Gasteiger partial charge in [-0.05, 0) is 38.2 Å². The predicted molar refractivity (Wildman–Crippen MR) is 78.5 cm³/mol. The third kappa shape index (κ3) is 3.60. The van der Waals surface area contributed by atoms with Crippen molar-refractivity contribution < 1.29 is 9.47 Å². The van der Waals surface area contributed by atoms with Crippen LogP contribution in [0.1, 0.15) is 50.7 Å². The van der Waals surface area contributed by atoms with Crippen molar-refractivity contribution >= 4 is 0 Å². The van der Waals surface area contributed by atoms with E-state index >= 15 is 0 Å². The quantitative estimate of drug-likeness (QED) is 0.717. The summed E-state index contributed by atoms with van der Waals surface area (Å²) in [6, 6.07) is 8.16. The first-order chi connectivity index (χ1) is 9.24. The van der Waals surface area contributed by atoms with E-state index in [4.69, 9.17) is 9.47 Å². The maximum atomic E-state index is 6.30. The molecule has 19 heavy (non-hydrogen) atoms. The number of ether oxygens (including phenoxy) is 2. The van der Waals surface area contributed by atoms with Gasteiger partial charge in [0.2, 0.25) is 0 Å². The number of hydrogen-bond acceptors (Lipinski definition) is 2. The Labute approximate surface area is 116 Å². The predicted octanol–water partition coefficient (Wildman–Crippen LogP) is 4.66. The van der Waals surface area contributed by atoms with E-state index in [0.717, 1.165) is 43.4 Å². The van der Waals surface area contributed by atoms with Crippen LogP contribution in [0.5, 0.6) is 5.75 Å². The number of allylic oxidation sites excluding steroid dienone is 1. The summed E-state index contributed by atoms with van der Waals surface area (Å²) in [5.41, 5.74) is 2.53. The van der Waals surface area contributed by atoms with Gasteiger partial charge in [0.15, 0.2) is 0 Å². The minimum atomic E-state index is 0.132. The van der Waals surface area contributed by atoms with Gasteiger partial charge in [0.1, 0.15) is 5.75 Å². The highest BCUT2D eigenvalue weighted by atomic mass is 16.5. The van der Waals surface area contributed by atoms with Crippen molar-refractivity contribution in [2.45, 2.75) is 51.2 Å². The molecule has 0 bridgehead atoms. The summed E-state index contributed by atoms with van der Waals surface area (Å²) in [6.07, 6.45) is 5.88. The van der Waals surface area contributed by atoms with E-state index in [1.807, 2.05) is 18.2 Å². The summed E-state index contributed by atoms with van der Waals surface area (Å²) >= 11 is 0. The molecule has 1 aliphatic rings. The Hall–Kier alpha value is -1.28. The lowest BCUT2D eigenvalue weighted by molar-refractivity contribution is -0.0290. The van der Waals surface area contributed by atoms with Crippen LogP contribution in [0.2, 0.25) is 0 Å². The molecule has 0 saturated heterocycles. The van der Waals surface area contributed by atoms with Crippen molar-refractivity contribution in [2.24, 2.45) is 0 Å². The lowest BCUT2D eigenvalue weighted by Gasteiger charge is -2.29. The average Bonchev–Trinajstić information content (AvgIpc) is 2.46. The Morgan fingerprint density at radius 3 is 2.58 bits per heavy atom. The van der Waals surface area contributed by atoms with E-state index in [9.17, 15) is 0 Å². The zero-order chi connectivity index (χ0) is 13.7. The molecular formula is C17H24O2. The monoisotopic (exact) mass is 260 g/mol. The van der Waals surface area contributed by atoms with Gasteiger partial charge in [0, 0.05) is 5.56 Å². The first kappa shape index (κ1) is 14.1. The molecule has 104 valence electrons. The molecule has 0 N–H and O–H groups in total. The molecule has 2 nitrogen and oxygen atoms in total. The lowest BCUT2D eigenvalue weighted by atomic mass is 9.93. The summed E-state index contributed by atoms with van der Waals surface area (Å²) in [5.74, 6) is 0.926. The van der Waals surface area contributed by atoms with E-state index < -0.39 is 0 Å². The Kier molecular flexibility index (Phi) is 5.03. The Morgan fingerprint density at radius 2 is 1.95 bits per heavy atom. The highest BCUT2D eigenvalue weighted by Crippen LogP contribution is 2.34. The summed E-state index contributed by atoms with van der Waals surface area (Å²) in [5, 5.41) is 0. The van der Waals surface area contributed by atoms with Gasteiger partial charge in [0.05, 0.1) is 19.3 Å². The van der Waals surface area contributed by atoms with Gasteiger partial charge in [0.25, 0.3) is 0 Å². The zero-order valence-corrected chi connectivity index (χ0v) is 12.0. The third-order valence-corrected chi connectivity index (χ3v) is 3.85. The van der Waals surface area contributed by atoms with Crippen molar-refractivity contribution in [3.63, 3.8) is 0 Å². The van der Waals surface area contributed by atoms with E-state index in [1.165, 1.54) is 5.57 Å². The summed E-state index contributed by atoms with van der Waals surface area (Å²) < 4.78 is 11.7. The second kappa shape index (κ2) is 6.76. The number of para-hydroxylation sites is 1. The molecule has 1 atom stereocenters. The Bertz CT molecular complexity index is 415. The highest BCUT2D eigenvalue weighted by Gasteiger charge is 2.22. The molecule has 1 saturated carbocycles.